The second kappa shape index (κ2) is 20.6. The number of nitrogens with one attached hydrogen (secondary N) is 4. The van der Waals surface area contributed by atoms with Crippen LogP contribution in [0.2, 0.25) is 10.3 Å². The van der Waals surface area contributed by atoms with Gasteiger partial charge in [0.2, 0.25) is 15.1 Å². The molecule has 8 aromatic rings. The fourth-order valence-electron chi connectivity index (χ4n) is 4.06. The molecule has 7 N–H and O–H groups in total. The van der Waals surface area contributed by atoms with Crippen LogP contribution in [0.15, 0.2) is 97.6 Å². The van der Waals surface area contributed by atoms with Gasteiger partial charge in [-0.3, -0.25) is 9.59 Å². The molecule has 55 heavy (non-hydrogen) atoms. The first kappa shape index (κ1) is 42.0. The number of halogens is 5. The van der Waals surface area contributed by atoms with Gasteiger partial charge in [-0.15, -0.1) is 0 Å². The number of amides is 1. The van der Waals surface area contributed by atoms with E-state index in [0.29, 0.717) is 5.52 Å². The summed E-state index contributed by atoms with van der Waals surface area (Å²) in [6.45, 7) is 0. The molecule has 0 unspecified atom stereocenters. The molecule has 0 saturated heterocycles. The van der Waals surface area contributed by atoms with Crippen LogP contribution >= 0.6 is 56.2 Å². The largest absolute Gasteiger partial charge is 0.475 e. The van der Waals surface area contributed by atoms with Crippen molar-refractivity contribution in [1.29, 1.82) is 0 Å². The summed E-state index contributed by atoms with van der Waals surface area (Å²) in [5.74, 6) is -0.606. The number of carboxylic acids is 1. The molecule has 0 aliphatic heterocycles. The van der Waals surface area contributed by atoms with Crippen molar-refractivity contribution in [3.63, 3.8) is 0 Å². The predicted octanol–water partition coefficient (Wildman–Crippen LogP) is 7.22. The summed E-state index contributed by atoms with van der Waals surface area (Å²) in [6.07, 6.45) is 5.86. The maximum Gasteiger partial charge on any atom is 0.371 e. The third-order valence-corrected chi connectivity index (χ3v) is 7.08. The Morgan fingerprint density at radius 1 is 0.636 bits per heavy atom. The number of carbonyl (C=O) groups is 3. The first-order chi connectivity index (χ1) is 26.3. The van der Waals surface area contributed by atoms with E-state index in [0.717, 1.165) is 27.6 Å². The topological polar surface area (TPSA) is 264 Å². The van der Waals surface area contributed by atoms with Gasteiger partial charge in [0.15, 0.2) is 33.6 Å². The summed E-state index contributed by atoms with van der Waals surface area (Å²) in [7, 11) is 7.36. The zero-order valence-corrected chi connectivity index (χ0v) is 31.9. The molecule has 0 atom stereocenters. The lowest BCUT2D eigenvalue weighted by molar-refractivity contribution is 0.0684. The molecule has 0 bridgehead atoms. The molecular formula is C32H23Cl5N12O5S. The fraction of sp³-hybridized carbons (Fsp3) is 0. The molecule has 8 rings (SSSR count). The lowest BCUT2D eigenvalue weighted by Crippen LogP contribution is -2.15. The first-order valence-corrected chi connectivity index (χ1v) is 18.8. The minimum absolute atomic E-state index is 0.0174. The fourth-order valence-corrected chi connectivity index (χ4v) is 4.41. The van der Waals surface area contributed by atoms with E-state index < -0.39 is 26.3 Å². The molecule has 0 fully saturated rings. The number of aromatic nitrogens is 10. The third-order valence-electron chi connectivity index (χ3n) is 6.34. The number of para-hydroxylation sites is 6. The standard InChI is InChI=1S/C12H8ClN5O.C8H5ClN2O.C8H6N2O2.C4H4ClN3.Cl2OS/c13-9-10(15-6-5-14-9)18-12(19)11-16-7-3-1-2-4-8(7)17-11;9-7(12)8-10-5-3-1-2-4-6(5)11-8;11-8(12)7-9-5-3-1-2-4-6(5)10-7;5-3-4(6)8-2-1-7-3;1-4(2)3/h1-6H,(H,16,17)(H,15,18,19);1-4H,(H,10,11);1-4H,(H,9,10)(H,11,12);1-2H,(H2,6,8);. The zero-order valence-electron chi connectivity index (χ0n) is 27.3. The van der Waals surface area contributed by atoms with E-state index in [4.69, 9.17) is 49.9 Å². The molecule has 282 valence electrons. The van der Waals surface area contributed by atoms with Crippen LogP contribution in [-0.4, -0.2) is 76.3 Å². The van der Waals surface area contributed by atoms with Crippen molar-refractivity contribution in [2.75, 3.05) is 11.1 Å². The van der Waals surface area contributed by atoms with E-state index in [2.05, 4.69) is 76.5 Å². The number of benzene rings is 3. The molecule has 23 heteroatoms. The first-order valence-electron chi connectivity index (χ1n) is 14.8. The van der Waals surface area contributed by atoms with Crippen molar-refractivity contribution in [2.24, 2.45) is 0 Å². The van der Waals surface area contributed by atoms with Gasteiger partial charge in [0.05, 0.1) is 33.1 Å². The smallest absolute Gasteiger partial charge is 0.371 e. The number of carboxylic acid groups (broad SMARTS) is 1. The summed E-state index contributed by atoms with van der Waals surface area (Å²) in [5.41, 5.74) is 9.72. The van der Waals surface area contributed by atoms with Gasteiger partial charge in [0.1, 0.15) is 0 Å². The highest BCUT2D eigenvalue weighted by molar-refractivity contribution is 8.26. The second-order valence-corrected chi connectivity index (χ2v) is 13.5. The van der Waals surface area contributed by atoms with E-state index in [1.807, 2.05) is 60.7 Å². The Bertz CT molecular complexity index is 2380. The van der Waals surface area contributed by atoms with Crippen LogP contribution in [0.3, 0.4) is 0 Å². The molecule has 0 spiro atoms. The van der Waals surface area contributed by atoms with E-state index in [-0.39, 0.29) is 39.4 Å². The van der Waals surface area contributed by atoms with Gasteiger partial charge in [-0.05, 0) is 48.0 Å². The Kier molecular flexibility index (Phi) is 15.7. The highest BCUT2D eigenvalue weighted by Gasteiger charge is 2.14. The molecule has 5 aromatic heterocycles. The summed E-state index contributed by atoms with van der Waals surface area (Å²) >= 11 is 16.5. The Hall–Kier alpha value is -5.76. The molecule has 1 amide bonds. The van der Waals surface area contributed by atoms with Crippen LogP contribution in [0.5, 0.6) is 0 Å². The van der Waals surface area contributed by atoms with Crippen LogP contribution in [-0.2, 0) is 9.23 Å². The summed E-state index contributed by atoms with van der Waals surface area (Å²) < 4.78 is 9.09. The van der Waals surface area contributed by atoms with E-state index in [9.17, 15) is 14.4 Å². The Morgan fingerprint density at radius 3 is 1.45 bits per heavy atom. The average molecular weight is 865 g/mol. The number of nitrogens with zero attached hydrogens (tertiary/aromatic N) is 7. The highest BCUT2D eigenvalue weighted by Crippen LogP contribution is 2.17. The van der Waals surface area contributed by atoms with Crippen molar-refractivity contribution in [1.82, 2.24) is 49.8 Å². The number of hydrogen-bond donors (Lipinski definition) is 6. The van der Waals surface area contributed by atoms with E-state index in [1.54, 1.807) is 12.1 Å². The molecule has 0 aliphatic carbocycles. The van der Waals surface area contributed by atoms with Crippen LogP contribution in [0, 0.1) is 0 Å². The number of aromatic carboxylic acids is 1. The molecule has 0 saturated carbocycles. The number of aromatic amines is 3. The minimum Gasteiger partial charge on any atom is -0.475 e. The SMILES string of the molecule is Nc1nccnc1Cl.O=C(Cl)c1nc2ccccc2[nH]1.O=C(Nc1nccnc1Cl)c1nc2ccccc2[nH]1.O=C(O)c1nc2ccccc2[nH]1.O=S(Cl)Cl. The zero-order chi connectivity index (χ0) is 39.9. The monoisotopic (exact) mass is 862 g/mol. The molecule has 0 aliphatic rings. The van der Waals surface area contributed by atoms with Crippen molar-refractivity contribution in [3.8, 4) is 0 Å². The summed E-state index contributed by atoms with van der Waals surface area (Å²) in [6, 6.07) is 21.9. The number of nitrogens with two attached hydrogens (primary N) is 1. The Balaban J connectivity index is 0.000000164. The number of H-pyrrole nitrogens is 3. The lowest BCUT2D eigenvalue weighted by atomic mass is 10.3. The van der Waals surface area contributed by atoms with Gasteiger partial charge in [-0.1, -0.05) is 59.6 Å². The number of hydrogen-bond acceptors (Lipinski definition) is 12. The second-order valence-electron chi connectivity index (χ2n) is 9.95. The third kappa shape index (κ3) is 13.0. The lowest BCUT2D eigenvalue weighted by Gasteiger charge is -2.02. The van der Waals surface area contributed by atoms with Crippen LogP contribution in [0.25, 0.3) is 33.1 Å². The maximum atomic E-state index is 12.0. The van der Waals surface area contributed by atoms with Crippen molar-refractivity contribution >= 4 is 127 Å². The van der Waals surface area contributed by atoms with Gasteiger partial charge in [-0.2, -0.15) is 0 Å². The number of nitrogen functional groups attached to an aromatic ring is 1. The number of anilines is 2. The van der Waals surface area contributed by atoms with E-state index >= 15 is 0 Å². The van der Waals surface area contributed by atoms with Crippen molar-refractivity contribution < 1.29 is 23.7 Å². The van der Waals surface area contributed by atoms with Gasteiger partial charge in [0.25, 0.3) is 11.1 Å². The molecule has 0 radical (unpaired) electrons. The number of rotatable bonds is 4. The van der Waals surface area contributed by atoms with Crippen molar-refractivity contribution in [2.45, 2.75) is 0 Å². The van der Waals surface area contributed by atoms with Gasteiger partial charge < -0.3 is 31.1 Å². The van der Waals surface area contributed by atoms with E-state index in [1.165, 1.54) is 24.8 Å². The van der Waals surface area contributed by atoms with Crippen molar-refractivity contribution in [3.05, 3.63) is 125 Å². The molecule has 3 aromatic carbocycles. The summed E-state index contributed by atoms with van der Waals surface area (Å²) in [5, 5.41) is 11.0. The highest BCUT2D eigenvalue weighted by atomic mass is 36.0. The van der Waals surface area contributed by atoms with Gasteiger partial charge in [0, 0.05) is 46.2 Å². The quantitative estimate of drug-likeness (QED) is 0.0956. The van der Waals surface area contributed by atoms with Crippen LogP contribution in [0.4, 0.5) is 11.6 Å². The van der Waals surface area contributed by atoms with Gasteiger partial charge >= 0.3 is 5.97 Å². The Labute approximate surface area is 335 Å². The average Bonchev–Trinajstić information content (AvgIpc) is 3.92. The number of fused-ring (bicyclic) bond motifs is 3. The maximum absolute atomic E-state index is 12.0. The summed E-state index contributed by atoms with van der Waals surface area (Å²) in [4.78, 5) is 68.7. The molecule has 17 nitrogen and oxygen atoms in total. The number of imidazole rings is 3. The normalized spacial score (nSPS) is 10.1. The van der Waals surface area contributed by atoms with Crippen LogP contribution < -0.4 is 11.1 Å². The minimum atomic E-state index is -1.67. The molecular weight excluding hydrogens is 842 g/mol. The Morgan fingerprint density at radius 2 is 1.04 bits per heavy atom. The van der Waals surface area contributed by atoms with Crippen LogP contribution in [0.1, 0.15) is 31.9 Å². The van der Waals surface area contributed by atoms with Gasteiger partial charge in [-0.25, -0.2) is 43.9 Å². The molecule has 5 heterocycles. The number of carbonyl (C=O) groups excluding carboxylic acids is 2. The predicted molar refractivity (Wildman–Crippen MR) is 212 cm³/mol.